The van der Waals surface area contributed by atoms with Crippen LogP contribution in [0.2, 0.25) is 0 Å². The summed E-state index contributed by atoms with van der Waals surface area (Å²) in [5.41, 5.74) is 2.06. The van der Waals surface area contributed by atoms with Gasteiger partial charge in [0.1, 0.15) is 18.0 Å². The third-order valence-corrected chi connectivity index (χ3v) is 7.78. The summed E-state index contributed by atoms with van der Waals surface area (Å²) < 4.78 is 23.0. The number of ether oxygens (including phenoxy) is 4. The van der Waals surface area contributed by atoms with Gasteiger partial charge in [0.2, 0.25) is 12.7 Å². The van der Waals surface area contributed by atoms with E-state index in [9.17, 15) is 14.7 Å². The Bertz CT molecular complexity index is 1180. The van der Waals surface area contributed by atoms with E-state index in [4.69, 9.17) is 18.9 Å². The standard InChI is InChI=1S/C28H32N2O7/c31-14-25-27-21(12-19(36-25)13-26(32)29-17-4-2-1-3-5-17)20-11-18(7-9-22(20)37-27)30-28(33)16-6-8-23-24(10-16)35-15-34-23/h6-11,17,19,21,25,27,31H,1-5,12-15H2,(H,29,32)(H,30,33)/t19-,21-,25-,27+/m1/s1. The molecule has 3 heterocycles. The van der Waals surface area contributed by atoms with E-state index in [2.05, 4.69) is 10.6 Å². The van der Waals surface area contributed by atoms with E-state index in [1.807, 2.05) is 12.1 Å². The van der Waals surface area contributed by atoms with Crippen molar-refractivity contribution < 1.29 is 33.6 Å². The molecule has 37 heavy (non-hydrogen) atoms. The smallest absolute Gasteiger partial charge is 0.255 e. The molecular formula is C28H32N2O7. The molecule has 4 aliphatic rings. The highest BCUT2D eigenvalue weighted by atomic mass is 16.7. The molecule has 9 nitrogen and oxygen atoms in total. The van der Waals surface area contributed by atoms with Gasteiger partial charge in [0.15, 0.2) is 11.5 Å². The van der Waals surface area contributed by atoms with E-state index in [1.54, 1.807) is 24.3 Å². The number of aliphatic hydroxyl groups is 1. The van der Waals surface area contributed by atoms with Gasteiger partial charge in [0, 0.05) is 28.8 Å². The number of anilines is 1. The van der Waals surface area contributed by atoms with Crippen molar-refractivity contribution in [2.24, 2.45) is 0 Å². The fourth-order valence-electron chi connectivity index (χ4n) is 5.95. The molecule has 0 radical (unpaired) electrons. The van der Waals surface area contributed by atoms with Gasteiger partial charge >= 0.3 is 0 Å². The van der Waals surface area contributed by atoms with Crippen LogP contribution >= 0.6 is 0 Å². The van der Waals surface area contributed by atoms with Crippen LogP contribution in [0.3, 0.4) is 0 Å². The molecule has 2 fully saturated rings. The van der Waals surface area contributed by atoms with Crippen LogP contribution in [0.15, 0.2) is 36.4 Å². The number of hydrogen-bond acceptors (Lipinski definition) is 7. The molecule has 0 spiro atoms. The minimum absolute atomic E-state index is 0.00378. The first-order valence-electron chi connectivity index (χ1n) is 13.1. The van der Waals surface area contributed by atoms with Crippen LogP contribution in [0, 0.1) is 0 Å². The second kappa shape index (κ2) is 10.2. The molecule has 1 saturated heterocycles. The SMILES string of the molecule is O=C(C[C@H]1C[C@@H]2c3cc(NC(=O)c4ccc5c(c4)OCO5)ccc3O[C@@H]2[C@@H](CO)O1)NC1CCCCC1. The Hall–Kier alpha value is -3.30. The van der Waals surface area contributed by atoms with Crippen molar-refractivity contribution >= 4 is 17.5 Å². The first-order chi connectivity index (χ1) is 18.1. The van der Waals surface area contributed by atoms with Crippen LogP contribution in [0.5, 0.6) is 17.2 Å². The molecule has 2 amide bonds. The van der Waals surface area contributed by atoms with Crippen LogP contribution in [-0.2, 0) is 9.53 Å². The first kappa shape index (κ1) is 24.1. The van der Waals surface area contributed by atoms with Gasteiger partial charge in [-0.2, -0.15) is 0 Å². The molecule has 1 saturated carbocycles. The Morgan fingerprint density at radius 1 is 0.973 bits per heavy atom. The number of carbonyl (C=O) groups excluding carboxylic acids is 2. The Morgan fingerprint density at radius 2 is 1.78 bits per heavy atom. The Balaban J connectivity index is 1.14. The second-order valence-corrected chi connectivity index (χ2v) is 10.3. The van der Waals surface area contributed by atoms with E-state index in [-0.39, 0.29) is 55.8 Å². The topological polar surface area (TPSA) is 115 Å². The molecule has 1 aliphatic carbocycles. The van der Waals surface area contributed by atoms with Gasteiger partial charge in [-0.25, -0.2) is 0 Å². The van der Waals surface area contributed by atoms with Gasteiger partial charge in [0.25, 0.3) is 5.91 Å². The van der Waals surface area contributed by atoms with Crippen LogP contribution in [0.25, 0.3) is 0 Å². The summed E-state index contributed by atoms with van der Waals surface area (Å²) in [7, 11) is 0. The summed E-state index contributed by atoms with van der Waals surface area (Å²) in [6.07, 6.45) is 5.29. The van der Waals surface area contributed by atoms with Gasteiger partial charge in [-0.1, -0.05) is 19.3 Å². The second-order valence-electron chi connectivity index (χ2n) is 10.3. The number of benzene rings is 2. The lowest BCUT2D eigenvalue weighted by atomic mass is 9.84. The largest absolute Gasteiger partial charge is 0.487 e. The Morgan fingerprint density at radius 3 is 2.62 bits per heavy atom. The lowest BCUT2D eigenvalue weighted by Crippen LogP contribution is -2.48. The number of nitrogens with one attached hydrogen (secondary N) is 2. The maximum absolute atomic E-state index is 12.9. The highest BCUT2D eigenvalue weighted by Crippen LogP contribution is 2.47. The molecule has 196 valence electrons. The molecule has 0 unspecified atom stereocenters. The van der Waals surface area contributed by atoms with Crippen molar-refractivity contribution in [1.82, 2.24) is 5.32 Å². The summed E-state index contributed by atoms with van der Waals surface area (Å²) in [5.74, 6) is 1.58. The van der Waals surface area contributed by atoms with E-state index < -0.39 is 6.10 Å². The Labute approximate surface area is 215 Å². The average Bonchev–Trinajstić information content (AvgIpc) is 3.53. The zero-order valence-corrected chi connectivity index (χ0v) is 20.6. The first-order valence-corrected chi connectivity index (χ1v) is 13.1. The third-order valence-electron chi connectivity index (χ3n) is 7.78. The lowest BCUT2D eigenvalue weighted by molar-refractivity contribution is -0.142. The summed E-state index contributed by atoms with van der Waals surface area (Å²) >= 11 is 0. The van der Waals surface area contributed by atoms with E-state index in [0.717, 1.165) is 31.2 Å². The molecule has 6 rings (SSSR count). The Kier molecular flexibility index (Phi) is 6.65. The molecule has 3 aliphatic heterocycles. The fourth-order valence-corrected chi connectivity index (χ4v) is 5.95. The zero-order chi connectivity index (χ0) is 25.4. The van der Waals surface area contributed by atoms with E-state index in [1.165, 1.54) is 6.42 Å². The summed E-state index contributed by atoms with van der Waals surface area (Å²) in [6, 6.07) is 10.9. The predicted molar refractivity (Wildman–Crippen MR) is 134 cm³/mol. The van der Waals surface area contributed by atoms with Crippen LogP contribution in [0.1, 0.15) is 66.8 Å². The van der Waals surface area contributed by atoms with Gasteiger partial charge in [-0.3, -0.25) is 9.59 Å². The molecule has 2 aromatic carbocycles. The van der Waals surface area contributed by atoms with Crippen molar-refractivity contribution in [1.29, 1.82) is 0 Å². The van der Waals surface area contributed by atoms with Gasteiger partial charge in [0.05, 0.1) is 19.1 Å². The summed E-state index contributed by atoms with van der Waals surface area (Å²) in [6.45, 7) is -0.0425. The normalized spacial score (nSPS) is 26.1. The summed E-state index contributed by atoms with van der Waals surface area (Å²) in [5, 5.41) is 16.1. The van der Waals surface area contributed by atoms with Crippen molar-refractivity contribution in [3.05, 3.63) is 47.5 Å². The number of hydrogen-bond donors (Lipinski definition) is 3. The average molecular weight is 509 g/mol. The van der Waals surface area contributed by atoms with Crippen molar-refractivity contribution in [3.8, 4) is 17.2 Å². The number of amides is 2. The van der Waals surface area contributed by atoms with Crippen molar-refractivity contribution in [3.63, 3.8) is 0 Å². The van der Waals surface area contributed by atoms with E-state index >= 15 is 0 Å². The molecular weight excluding hydrogens is 476 g/mol. The van der Waals surface area contributed by atoms with Gasteiger partial charge < -0.3 is 34.7 Å². The molecule has 4 atom stereocenters. The minimum atomic E-state index is -0.523. The van der Waals surface area contributed by atoms with Crippen molar-refractivity contribution in [2.45, 2.75) is 75.2 Å². The molecule has 3 N–H and O–H groups in total. The maximum atomic E-state index is 12.9. The number of rotatable bonds is 6. The highest BCUT2D eigenvalue weighted by Gasteiger charge is 2.46. The molecule has 9 heteroatoms. The maximum Gasteiger partial charge on any atom is 0.255 e. The van der Waals surface area contributed by atoms with Crippen molar-refractivity contribution in [2.75, 3.05) is 18.7 Å². The molecule has 0 aromatic heterocycles. The van der Waals surface area contributed by atoms with Gasteiger partial charge in [-0.15, -0.1) is 0 Å². The van der Waals surface area contributed by atoms with E-state index in [0.29, 0.717) is 34.9 Å². The third kappa shape index (κ3) is 4.98. The van der Waals surface area contributed by atoms with Crippen LogP contribution < -0.4 is 24.8 Å². The number of carbonyl (C=O) groups is 2. The fraction of sp³-hybridized carbons (Fsp3) is 0.500. The molecule has 2 aromatic rings. The monoisotopic (exact) mass is 508 g/mol. The van der Waals surface area contributed by atoms with Crippen LogP contribution in [0.4, 0.5) is 5.69 Å². The highest BCUT2D eigenvalue weighted by molar-refractivity contribution is 6.04. The zero-order valence-electron chi connectivity index (χ0n) is 20.6. The summed E-state index contributed by atoms with van der Waals surface area (Å²) in [4.78, 5) is 25.6. The lowest BCUT2D eigenvalue weighted by Gasteiger charge is -2.37. The van der Waals surface area contributed by atoms with Crippen LogP contribution in [-0.4, -0.2) is 54.7 Å². The van der Waals surface area contributed by atoms with Gasteiger partial charge in [-0.05, 0) is 55.7 Å². The minimum Gasteiger partial charge on any atom is -0.487 e. The quantitative estimate of drug-likeness (QED) is 0.547. The number of fused-ring (bicyclic) bond motifs is 4. The molecule has 0 bridgehead atoms. The predicted octanol–water partition coefficient (Wildman–Crippen LogP) is 3.50. The number of aliphatic hydroxyl groups excluding tert-OH is 1.